The number of hydrogen-bond acceptors (Lipinski definition) is 3. The average molecular weight is 364 g/mol. The van der Waals surface area contributed by atoms with E-state index in [1.54, 1.807) is 18.2 Å². The number of carbonyl (C=O) groups is 1. The molecule has 0 unspecified atom stereocenters. The summed E-state index contributed by atoms with van der Waals surface area (Å²) in [4.78, 5) is 18.9. The fraction of sp³-hybridized carbons (Fsp3) is 0.333. The minimum absolute atomic E-state index is 0.117. The number of anilines is 1. The van der Waals surface area contributed by atoms with E-state index in [9.17, 15) is 4.79 Å². The van der Waals surface area contributed by atoms with Crippen LogP contribution in [-0.2, 0) is 17.8 Å². The van der Waals surface area contributed by atoms with Crippen molar-refractivity contribution >= 4 is 34.9 Å². The minimum Gasteiger partial charge on any atom is -0.357 e. The predicted molar refractivity (Wildman–Crippen MR) is 97.7 cm³/mol. The highest BCUT2D eigenvalue weighted by atomic mass is 35.5. The van der Waals surface area contributed by atoms with Crippen molar-refractivity contribution < 1.29 is 4.79 Å². The third kappa shape index (κ3) is 4.19. The largest absolute Gasteiger partial charge is 0.357 e. The monoisotopic (exact) mass is 363 g/mol. The first-order valence-electron chi connectivity index (χ1n) is 8.03. The van der Waals surface area contributed by atoms with Gasteiger partial charge in [0, 0.05) is 35.9 Å². The van der Waals surface area contributed by atoms with Crippen molar-refractivity contribution in [2.24, 2.45) is 0 Å². The number of rotatable bonds is 5. The maximum atomic E-state index is 12.1. The fourth-order valence-corrected chi connectivity index (χ4v) is 3.31. The summed E-state index contributed by atoms with van der Waals surface area (Å²) in [5.41, 5.74) is 1.62. The Morgan fingerprint density at radius 1 is 1.12 bits per heavy atom. The van der Waals surface area contributed by atoms with E-state index < -0.39 is 0 Å². The number of nitrogens with one attached hydrogen (secondary N) is 1. The molecule has 24 heavy (non-hydrogen) atoms. The van der Waals surface area contributed by atoms with E-state index in [0.717, 1.165) is 24.5 Å². The van der Waals surface area contributed by atoms with Crippen LogP contribution in [0.15, 0.2) is 36.5 Å². The number of pyridine rings is 1. The van der Waals surface area contributed by atoms with Crippen LogP contribution < -0.4 is 10.2 Å². The van der Waals surface area contributed by atoms with Gasteiger partial charge < -0.3 is 10.2 Å². The fourth-order valence-electron chi connectivity index (χ4n) is 2.78. The summed E-state index contributed by atoms with van der Waals surface area (Å²) in [6.07, 6.45) is 4.43. The number of carbonyl (C=O) groups excluding carboxylic acids is 1. The van der Waals surface area contributed by atoms with Crippen LogP contribution in [-0.4, -0.2) is 24.0 Å². The van der Waals surface area contributed by atoms with Gasteiger partial charge >= 0.3 is 0 Å². The standard InChI is InChI=1S/C18H19Cl2N3O/c19-15-4-3-5-16(20)14(15)10-18(24)22-12-13-6-7-17(21-11-13)23-8-1-2-9-23/h3-7,11H,1-2,8-10,12H2,(H,22,24). The lowest BCUT2D eigenvalue weighted by Gasteiger charge is -2.16. The molecule has 0 radical (unpaired) electrons. The molecule has 1 aliphatic heterocycles. The van der Waals surface area contributed by atoms with Crippen LogP contribution in [0.25, 0.3) is 0 Å². The molecule has 1 aliphatic rings. The maximum Gasteiger partial charge on any atom is 0.224 e. The average Bonchev–Trinajstić information content (AvgIpc) is 3.11. The van der Waals surface area contributed by atoms with Gasteiger partial charge in [-0.15, -0.1) is 0 Å². The van der Waals surface area contributed by atoms with Gasteiger partial charge in [-0.05, 0) is 42.2 Å². The molecule has 4 nitrogen and oxygen atoms in total. The van der Waals surface area contributed by atoms with E-state index >= 15 is 0 Å². The van der Waals surface area contributed by atoms with Crippen LogP contribution in [0.1, 0.15) is 24.0 Å². The molecule has 0 bridgehead atoms. The highest BCUT2D eigenvalue weighted by Gasteiger charge is 2.13. The Kier molecular flexibility index (Phi) is 5.59. The number of halogens is 2. The van der Waals surface area contributed by atoms with Crippen molar-refractivity contribution in [3.63, 3.8) is 0 Å². The molecule has 2 aromatic rings. The summed E-state index contributed by atoms with van der Waals surface area (Å²) >= 11 is 12.2. The second kappa shape index (κ2) is 7.86. The molecular formula is C18H19Cl2N3O. The van der Waals surface area contributed by atoms with Crippen LogP contribution in [0.3, 0.4) is 0 Å². The lowest BCUT2D eigenvalue weighted by Crippen LogP contribution is -2.25. The SMILES string of the molecule is O=C(Cc1c(Cl)cccc1Cl)NCc1ccc(N2CCCC2)nc1. The van der Waals surface area contributed by atoms with Crippen molar-refractivity contribution in [3.05, 3.63) is 57.7 Å². The molecule has 1 aromatic carbocycles. The Bertz CT molecular complexity index is 692. The van der Waals surface area contributed by atoms with E-state index in [-0.39, 0.29) is 12.3 Å². The number of aromatic nitrogens is 1. The summed E-state index contributed by atoms with van der Waals surface area (Å²) in [6, 6.07) is 9.24. The van der Waals surface area contributed by atoms with Gasteiger partial charge in [-0.1, -0.05) is 35.3 Å². The van der Waals surface area contributed by atoms with Crippen LogP contribution in [0.4, 0.5) is 5.82 Å². The Labute approximate surface area is 151 Å². The third-order valence-electron chi connectivity index (χ3n) is 4.13. The zero-order valence-electron chi connectivity index (χ0n) is 13.3. The quantitative estimate of drug-likeness (QED) is 0.877. The molecule has 0 spiro atoms. The number of benzene rings is 1. The molecule has 1 aromatic heterocycles. The molecule has 1 amide bonds. The van der Waals surface area contributed by atoms with Crippen LogP contribution in [0.2, 0.25) is 10.0 Å². The Balaban J connectivity index is 1.54. The highest BCUT2D eigenvalue weighted by Crippen LogP contribution is 2.24. The van der Waals surface area contributed by atoms with Crippen molar-refractivity contribution in [2.45, 2.75) is 25.8 Å². The van der Waals surface area contributed by atoms with Gasteiger partial charge in [-0.25, -0.2) is 4.98 Å². The Morgan fingerprint density at radius 2 is 1.83 bits per heavy atom. The van der Waals surface area contributed by atoms with E-state index in [2.05, 4.69) is 15.2 Å². The van der Waals surface area contributed by atoms with E-state index in [4.69, 9.17) is 23.2 Å². The highest BCUT2D eigenvalue weighted by molar-refractivity contribution is 6.36. The van der Waals surface area contributed by atoms with Gasteiger partial charge in [-0.3, -0.25) is 4.79 Å². The first-order valence-corrected chi connectivity index (χ1v) is 8.78. The molecule has 1 N–H and O–H groups in total. The second-order valence-corrected chi connectivity index (χ2v) is 6.69. The van der Waals surface area contributed by atoms with Crippen molar-refractivity contribution in [3.8, 4) is 0 Å². The summed E-state index contributed by atoms with van der Waals surface area (Å²) in [7, 11) is 0. The topological polar surface area (TPSA) is 45.2 Å². The van der Waals surface area contributed by atoms with Crippen molar-refractivity contribution in [2.75, 3.05) is 18.0 Å². The van der Waals surface area contributed by atoms with Crippen molar-refractivity contribution in [1.82, 2.24) is 10.3 Å². The number of hydrogen-bond donors (Lipinski definition) is 1. The lowest BCUT2D eigenvalue weighted by atomic mass is 10.1. The van der Waals surface area contributed by atoms with Gasteiger partial charge in [0.25, 0.3) is 0 Å². The van der Waals surface area contributed by atoms with Gasteiger partial charge in [0.2, 0.25) is 5.91 Å². The van der Waals surface area contributed by atoms with Gasteiger partial charge in [0.15, 0.2) is 0 Å². The molecule has 6 heteroatoms. The molecule has 1 saturated heterocycles. The Hall–Kier alpha value is -1.78. The van der Waals surface area contributed by atoms with Crippen LogP contribution in [0.5, 0.6) is 0 Å². The normalized spacial score (nSPS) is 14.0. The zero-order chi connectivity index (χ0) is 16.9. The first kappa shape index (κ1) is 17.1. The lowest BCUT2D eigenvalue weighted by molar-refractivity contribution is -0.120. The zero-order valence-corrected chi connectivity index (χ0v) is 14.8. The van der Waals surface area contributed by atoms with Gasteiger partial charge in [0.05, 0.1) is 6.42 Å². The molecular weight excluding hydrogens is 345 g/mol. The van der Waals surface area contributed by atoms with Gasteiger partial charge in [-0.2, -0.15) is 0 Å². The van der Waals surface area contributed by atoms with E-state index in [1.807, 2.05) is 18.3 Å². The smallest absolute Gasteiger partial charge is 0.224 e. The molecule has 3 rings (SSSR count). The minimum atomic E-state index is -0.117. The van der Waals surface area contributed by atoms with E-state index in [0.29, 0.717) is 22.2 Å². The summed E-state index contributed by atoms with van der Waals surface area (Å²) in [5, 5.41) is 3.90. The summed E-state index contributed by atoms with van der Waals surface area (Å²) in [5.74, 6) is 0.888. The Morgan fingerprint density at radius 3 is 2.46 bits per heavy atom. The molecule has 1 fully saturated rings. The van der Waals surface area contributed by atoms with Crippen LogP contribution in [0, 0.1) is 0 Å². The molecule has 2 heterocycles. The molecule has 126 valence electrons. The van der Waals surface area contributed by atoms with Crippen molar-refractivity contribution in [1.29, 1.82) is 0 Å². The van der Waals surface area contributed by atoms with Gasteiger partial charge in [0.1, 0.15) is 5.82 Å². The first-order chi connectivity index (χ1) is 11.6. The maximum absolute atomic E-state index is 12.1. The molecule has 0 aliphatic carbocycles. The second-order valence-electron chi connectivity index (χ2n) is 5.87. The molecule has 0 saturated carbocycles. The van der Waals surface area contributed by atoms with E-state index in [1.165, 1.54) is 12.8 Å². The predicted octanol–water partition coefficient (Wildman–Crippen LogP) is 3.85. The van der Waals surface area contributed by atoms with Crippen LogP contribution >= 0.6 is 23.2 Å². The summed E-state index contributed by atoms with van der Waals surface area (Å²) in [6.45, 7) is 2.58. The summed E-state index contributed by atoms with van der Waals surface area (Å²) < 4.78 is 0. The number of nitrogens with zero attached hydrogens (tertiary/aromatic N) is 2. The third-order valence-corrected chi connectivity index (χ3v) is 4.84. The number of amides is 1. The molecule has 0 atom stereocenters.